The molecule has 1 saturated carbocycles. The second-order valence-electron chi connectivity index (χ2n) is 9.48. The molecule has 0 unspecified atom stereocenters. The first-order chi connectivity index (χ1) is 15.0. The summed E-state index contributed by atoms with van der Waals surface area (Å²) in [6.07, 6.45) is 5.21. The molecule has 6 heteroatoms. The van der Waals surface area contributed by atoms with E-state index in [1.54, 1.807) is 9.80 Å². The molecule has 2 N–H and O–H groups in total. The van der Waals surface area contributed by atoms with Crippen molar-refractivity contribution in [2.75, 3.05) is 19.7 Å². The highest BCUT2D eigenvalue weighted by atomic mass is 16.3. The standard InChI is InChI=1S/C25H33N3O3/c1-17(2)6-5-7-18-10-12-19(13-11-18)24-21-14-27(15-23(30)28(21)22(24)16-29)25(31)26-20-8-3-4-9-20/h10-13,17,20-22,24,29H,3-4,6,8-9,14-16H2,1-2H3,(H,26,31)/t21-,22-,24-/m1/s1. The van der Waals surface area contributed by atoms with Crippen molar-refractivity contribution >= 4 is 11.9 Å². The quantitative estimate of drug-likeness (QED) is 0.732. The monoisotopic (exact) mass is 423 g/mol. The molecule has 3 aliphatic rings. The van der Waals surface area contributed by atoms with Crippen molar-refractivity contribution in [1.29, 1.82) is 0 Å². The summed E-state index contributed by atoms with van der Waals surface area (Å²) in [4.78, 5) is 28.9. The Morgan fingerprint density at radius 2 is 1.94 bits per heavy atom. The van der Waals surface area contributed by atoms with Crippen LogP contribution < -0.4 is 5.32 Å². The Balaban J connectivity index is 1.45. The highest BCUT2D eigenvalue weighted by Crippen LogP contribution is 2.42. The number of piperazine rings is 1. The van der Waals surface area contributed by atoms with Crippen molar-refractivity contribution in [2.45, 2.75) is 70.0 Å². The van der Waals surface area contributed by atoms with Crippen LogP contribution >= 0.6 is 0 Å². The molecule has 0 spiro atoms. The molecule has 1 aromatic carbocycles. The lowest BCUT2D eigenvalue weighted by Gasteiger charge is -2.58. The summed E-state index contributed by atoms with van der Waals surface area (Å²) in [6, 6.07) is 7.89. The second-order valence-corrected chi connectivity index (χ2v) is 9.48. The van der Waals surface area contributed by atoms with Gasteiger partial charge in [0.15, 0.2) is 0 Å². The van der Waals surface area contributed by atoms with E-state index in [0.717, 1.165) is 43.2 Å². The average Bonchev–Trinajstić information content (AvgIpc) is 3.23. The molecule has 2 heterocycles. The lowest BCUT2D eigenvalue weighted by molar-refractivity contribution is -0.159. The first-order valence-corrected chi connectivity index (χ1v) is 11.5. The van der Waals surface area contributed by atoms with Crippen molar-refractivity contribution in [2.24, 2.45) is 5.92 Å². The molecular formula is C25H33N3O3. The molecule has 3 fully saturated rings. The van der Waals surface area contributed by atoms with Crippen molar-refractivity contribution < 1.29 is 14.7 Å². The van der Waals surface area contributed by atoms with Gasteiger partial charge in [-0.25, -0.2) is 4.79 Å². The van der Waals surface area contributed by atoms with Gasteiger partial charge in [0.25, 0.3) is 0 Å². The number of hydrogen-bond donors (Lipinski definition) is 2. The molecule has 1 aromatic rings. The maximum atomic E-state index is 12.8. The van der Waals surface area contributed by atoms with E-state index in [4.69, 9.17) is 0 Å². The number of nitrogens with one attached hydrogen (secondary N) is 1. The zero-order valence-corrected chi connectivity index (χ0v) is 18.5. The normalized spacial score (nSPS) is 25.7. The maximum Gasteiger partial charge on any atom is 0.318 e. The summed E-state index contributed by atoms with van der Waals surface area (Å²) in [5.74, 6) is 6.89. The van der Waals surface area contributed by atoms with Crippen LogP contribution in [0.4, 0.5) is 4.79 Å². The largest absolute Gasteiger partial charge is 0.394 e. The van der Waals surface area contributed by atoms with Crippen LogP contribution in [0.1, 0.15) is 63.0 Å². The minimum Gasteiger partial charge on any atom is -0.394 e. The molecule has 2 aliphatic heterocycles. The highest BCUT2D eigenvalue weighted by Gasteiger charge is 2.54. The molecule has 6 nitrogen and oxygen atoms in total. The number of carbonyl (C=O) groups is 2. The molecule has 0 radical (unpaired) electrons. The summed E-state index contributed by atoms with van der Waals surface area (Å²) in [7, 11) is 0. The minimum absolute atomic E-state index is 0.0219. The van der Waals surface area contributed by atoms with Gasteiger partial charge in [0.2, 0.25) is 5.91 Å². The van der Waals surface area contributed by atoms with Gasteiger partial charge < -0.3 is 20.2 Å². The van der Waals surface area contributed by atoms with Crippen LogP contribution in [0.2, 0.25) is 0 Å². The van der Waals surface area contributed by atoms with Gasteiger partial charge >= 0.3 is 6.03 Å². The van der Waals surface area contributed by atoms with Crippen LogP contribution in [0, 0.1) is 17.8 Å². The van der Waals surface area contributed by atoms with Gasteiger partial charge in [-0.1, -0.05) is 50.7 Å². The van der Waals surface area contributed by atoms with Crippen LogP contribution in [0.5, 0.6) is 0 Å². The van der Waals surface area contributed by atoms with Gasteiger partial charge in [-0.2, -0.15) is 0 Å². The van der Waals surface area contributed by atoms with E-state index >= 15 is 0 Å². The Kier molecular flexibility index (Phi) is 6.52. The number of rotatable bonds is 4. The van der Waals surface area contributed by atoms with Crippen LogP contribution in [0.15, 0.2) is 24.3 Å². The second kappa shape index (κ2) is 9.32. The van der Waals surface area contributed by atoms with Crippen molar-refractivity contribution in [1.82, 2.24) is 15.1 Å². The smallest absolute Gasteiger partial charge is 0.318 e. The average molecular weight is 424 g/mol. The molecule has 31 heavy (non-hydrogen) atoms. The third-order valence-electron chi connectivity index (χ3n) is 6.76. The van der Waals surface area contributed by atoms with Crippen molar-refractivity contribution in [3.8, 4) is 11.8 Å². The zero-order chi connectivity index (χ0) is 22.0. The number of amides is 3. The Morgan fingerprint density at radius 3 is 2.58 bits per heavy atom. The number of aliphatic hydroxyl groups excluding tert-OH is 1. The predicted molar refractivity (Wildman–Crippen MR) is 119 cm³/mol. The summed E-state index contributed by atoms with van der Waals surface area (Å²) >= 11 is 0. The summed E-state index contributed by atoms with van der Waals surface area (Å²) in [5, 5.41) is 13.0. The molecule has 2 saturated heterocycles. The molecular weight excluding hydrogens is 390 g/mol. The van der Waals surface area contributed by atoms with Gasteiger partial charge in [-0.05, 0) is 36.5 Å². The van der Waals surface area contributed by atoms with Gasteiger partial charge in [-0.15, -0.1) is 0 Å². The van der Waals surface area contributed by atoms with Crippen LogP contribution in [-0.2, 0) is 4.79 Å². The third-order valence-corrected chi connectivity index (χ3v) is 6.76. The summed E-state index contributed by atoms with van der Waals surface area (Å²) in [6.45, 7) is 4.82. The predicted octanol–water partition coefficient (Wildman–Crippen LogP) is 2.71. The van der Waals surface area contributed by atoms with E-state index in [2.05, 4.69) is 31.0 Å². The highest BCUT2D eigenvalue weighted by molar-refractivity contribution is 5.87. The first kappa shape index (κ1) is 21.7. The molecule has 3 amide bonds. The fourth-order valence-electron chi connectivity index (χ4n) is 5.14. The van der Waals surface area contributed by atoms with Crippen LogP contribution in [0.3, 0.4) is 0 Å². The number of urea groups is 1. The number of benzene rings is 1. The topological polar surface area (TPSA) is 72.9 Å². The van der Waals surface area contributed by atoms with Gasteiger partial charge in [-0.3, -0.25) is 4.79 Å². The number of aliphatic hydroxyl groups is 1. The fourth-order valence-corrected chi connectivity index (χ4v) is 5.14. The number of hydrogen-bond acceptors (Lipinski definition) is 3. The summed E-state index contributed by atoms with van der Waals surface area (Å²) in [5.41, 5.74) is 2.05. The fraction of sp³-hybridized carbons (Fsp3) is 0.600. The van der Waals surface area contributed by atoms with Gasteiger partial charge in [0.05, 0.1) is 18.7 Å². The first-order valence-electron chi connectivity index (χ1n) is 11.5. The number of carbonyl (C=O) groups excluding carboxylic acids is 2. The zero-order valence-electron chi connectivity index (χ0n) is 18.5. The molecule has 1 aliphatic carbocycles. The number of nitrogens with zero attached hydrogens (tertiary/aromatic N) is 2. The lowest BCUT2D eigenvalue weighted by atomic mass is 9.73. The molecule has 3 atom stereocenters. The Bertz CT molecular complexity index is 864. The Hall–Kier alpha value is -2.52. The van der Waals surface area contributed by atoms with E-state index in [1.165, 1.54) is 0 Å². The summed E-state index contributed by atoms with van der Waals surface area (Å²) < 4.78 is 0. The van der Waals surface area contributed by atoms with Gasteiger partial charge in [0, 0.05) is 30.5 Å². The molecule has 4 rings (SSSR count). The van der Waals surface area contributed by atoms with Crippen LogP contribution in [0.25, 0.3) is 0 Å². The lowest BCUT2D eigenvalue weighted by Crippen LogP contribution is -2.74. The number of fused-ring (bicyclic) bond motifs is 1. The van der Waals surface area contributed by atoms with E-state index < -0.39 is 0 Å². The SMILES string of the molecule is CC(C)CC#Cc1ccc([C@H]2[C@@H](CO)N3C(=O)CN(C(=O)NC4CCCC4)C[C@H]23)cc1. The molecule has 0 aromatic heterocycles. The van der Waals surface area contributed by atoms with Crippen molar-refractivity contribution in [3.63, 3.8) is 0 Å². The van der Waals surface area contributed by atoms with Gasteiger partial charge in [0.1, 0.15) is 6.54 Å². The van der Waals surface area contributed by atoms with E-state index in [0.29, 0.717) is 12.5 Å². The Labute approximate surface area is 185 Å². The van der Waals surface area contributed by atoms with Crippen LogP contribution in [-0.4, -0.2) is 64.7 Å². The third kappa shape index (κ3) is 4.57. The molecule has 0 bridgehead atoms. The van der Waals surface area contributed by atoms with Crippen molar-refractivity contribution in [3.05, 3.63) is 35.4 Å². The van der Waals surface area contributed by atoms with E-state index in [1.807, 2.05) is 24.3 Å². The maximum absolute atomic E-state index is 12.8. The van der Waals surface area contributed by atoms with E-state index in [-0.39, 0.29) is 49.1 Å². The van der Waals surface area contributed by atoms with E-state index in [9.17, 15) is 14.7 Å². The Morgan fingerprint density at radius 1 is 1.23 bits per heavy atom. The minimum atomic E-state index is -0.226. The molecule has 166 valence electrons.